The van der Waals surface area contributed by atoms with E-state index >= 15 is 0 Å². The molecule has 3 heterocycles. The van der Waals surface area contributed by atoms with Crippen molar-refractivity contribution in [2.75, 3.05) is 11.9 Å². The van der Waals surface area contributed by atoms with Gasteiger partial charge in [-0.1, -0.05) is 12.8 Å². The summed E-state index contributed by atoms with van der Waals surface area (Å²) in [6.45, 7) is 0.939. The van der Waals surface area contributed by atoms with E-state index in [-0.39, 0.29) is 11.3 Å². The minimum atomic E-state index is -0.239. The van der Waals surface area contributed by atoms with E-state index in [4.69, 9.17) is 0 Å². The molecule has 23 heavy (non-hydrogen) atoms. The molecule has 6 nitrogen and oxygen atoms in total. The molecule has 1 aliphatic carbocycles. The number of anilines is 1. The first-order valence-corrected chi connectivity index (χ1v) is 8.28. The molecule has 0 unspecified atom stereocenters. The van der Waals surface area contributed by atoms with Crippen LogP contribution in [0.3, 0.4) is 0 Å². The molecule has 2 N–H and O–H groups in total. The summed E-state index contributed by atoms with van der Waals surface area (Å²) in [5, 5.41) is 10.9. The first-order chi connectivity index (χ1) is 11.3. The number of pyridine rings is 1. The van der Waals surface area contributed by atoms with Crippen LogP contribution < -0.4 is 10.6 Å². The molecule has 1 aliphatic heterocycles. The minimum absolute atomic E-state index is 0.140. The normalized spacial score (nSPS) is 26.7. The van der Waals surface area contributed by atoms with E-state index in [0.29, 0.717) is 6.04 Å². The van der Waals surface area contributed by atoms with Crippen LogP contribution in [-0.4, -0.2) is 33.3 Å². The van der Waals surface area contributed by atoms with Crippen molar-refractivity contribution in [3.63, 3.8) is 0 Å². The van der Waals surface area contributed by atoms with Crippen molar-refractivity contribution in [3.8, 4) is 5.69 Å². The van der Waals surface area contributed by atoms with Gasteiger partial charge in [-0.2, -0.15) is 5.10 Å². The van der Waals surface area contributed by atoms with Crippen LogP contribution in [0.2, 0.25) is 0 Å². The monoisotopic (exact) mass is 311 g/mol. The third-order valence-electron chi connectivity index (χ3n) is 5.21. The van der Waals surface area contributed by atoms with Gasteiger partial charge in [0.25, 0.3) is 0 Å². The Bertz CT molecular complexity index is 698. The highest BCUT2D eigenvalue weighted by Crippen LogP contribution is 2.43. The molecule has 2 fully saturated rings. The maximum Gasteiger partial charge on any atom is 0.232 e. The van der Waals surface area contributed by atoms with E-state index in [0.717, 1.165) is 43.6 Å². The molecule has 4 rings (SSSR count). The number of carbonyl (C=O) groups is 1. The standard InChI is InChI=1S/C17H21N5O/c23-16(17-6-2-1-3-15(17)19-10-7-17)21-13-11-20-22(12-13)14-4-8-18-9-5-14/h4-5,8-9,11-12,15,19H,1-3,6-7,10H2,(H,21,23)/t15-,17+/m0/s1. The predicted molar refractivity (Wildman–Crippen MR) is 87.3 cm³/mol. The summed E-state index contributed by atoms with van der Waals surface area (Å²) in [5.41, 5.74) is 1.44. The molecule has 2 aliphatic rings. The summed E-state index contributed by atoms with van der Waals surface area (Å²) in [7, 11) is 0. The molecule has 2 aromatic rings. The molecule has 2 atom stereocenters. The van der Waals surface area contributed by atoms with Gasteiger partial charge in [0.15, 0.2) is 0 Å². The van der Waals surface area contributed by atoms with Gasteiger partial charge in [-0.15, -0.1) is 0 Å². The van der Waals surface area contributed by atoms with Crippen LogP contribution in [0.5, 0.6) is 0 Å². The van der Waals surface area contributed by atoms with Crippen LogP contribution in [0.25, 0.3) is 5.69 Å². The molecule has 0 bridgehead atoms. The number of aromatic nitrogens is 3. The summed E-state index contributed by atoms with van der Waals surface area (Å²) in [6.07, 6.45) is 12.4. The predicted octanol–water partition coefficient (Wildman–Crippen LogP) is 2.13. The van der Waals surface area contributed by atoms with Crippen LogP contribution in [-0.2, 0) is 4.79 Å². The fourth-order valence-electron chi connectivity index (χ4n) is 3.97. The van der Waals surface area contributed by atoms with Crippen molar-refractivity contribution in [1.29, 1.82) is 0 Å². The number of hydrogen-bond acceptors (Lipinski definition) is 4. The second-order valence-electron chi connectivity index (χ2n) is 6.49. The van der Waals surface area contributed by atoms with E-state index < -0.39 is 0 Å². The first-order valence-electron chi connectivity index (χ1n) is 8.28. The van der Waals surface area contributed by atoms with Gasteiger partial charge in [0.2, 0.25) is 5.91 Å². The zero-order chi connectivity index (χ0) is 15.7. The largest absolute Gasteiger partial charge is 0.323 e. The van der Waals surface area contributed by atoms with Crippen LogP contribution in [0, 0.1) is 5.41 Å². The van der Waals surface area contributed by atoms with Gasteiger partial charge in [-0.3, -0.25) is 9.78 Å². The molecular weight excluding hydrogens is 290 g/mol. The maximum absolute atomic E-state index is 12.9. The third-order valence-corrected chi connectivity index (χ3v) is 5.21. The van der Waals surface area contributed by atoms with E-state index in [1.165, 1.54) is 6.42 Å². The maximum atomic E-state index is 12.9. The van der Waals surface area contributed by atoms with Gasteiger partial charge in [0.1, 0.15) is 0 Å². The molecular formula is C17H21N5O. The molecule has 0 spiro atoms. The zero-order valence-electron chi connectivity index (χ0n) is 13.0. The van der Waals surface area contributed by atoms with Gasteiger partial charge < -0.3 is 10.6 Å². The van der Waals surface area contributed by atoms with Gasteiger partial charge in [0, 0.05) is 18.4 Å². The number of rotatable bonds is 3. The fourth-order valence-corrected chi connectivity index (χ4v) is 3.97. The van der Waals surface area contributed by atoms with E-state index in [1.54, 1.807) is 23.3 Å². The molecule has 1 saturated heterocycles. The molecule has 1 amide bonds. The van der Waals surface area contributed by atoms with Crippen LogP contribution in [0.15, 0.2) is 36.9 Å². The molecule has 1 saturated carbocycles. The summed E-state index contributed by atoms with van der Waals surface area (Å²) >= 11 is 0. The van der Waals surface area contributed by atoms with E-state index in [9.17, 15) is 4.79 Å². The molecule has 2 aromatic heterocycles. The Morgan fingerprint density at radius 2 is 2.17 bits per heavy atom. The second kappa shape index (κ2) is 5.77. The Kier molecular flexibility index (Phi) is 3.61. The Morgan fingerprint density at radius 3 is 3.04 bits per heavy atom. The topological polar surface area (TPSA) is 71.8 Å². The van der Waals surface area contributed by atoms with Gasteiger partial charge >= 0.3 is 0 Å². The second-order valence-corrected chi connectivity index (χ2v) is 6.49. The van der Waals surface area contributed by atoms with Gasteiger partial charge in [-0.25, -0.2) is 4.68 Å². The van der Waals surface area contributed by atoms with Crippen molar-refractivity contribution in [3.05, 3.63) is 36.9 Å². The number of nitrogens with zero attached hydrogens (tertiary/aromatic N) is 3. The number of nitrogens with one attached hydrogen (secondary N) is 2. The lowest BCUT2D eigenvalue weighted by Crippen LogP contribution is -2.47. The number of hydrogen-bond donors (Lipinski definition) is 2. The highest BCUT2D eigenvalue weighted by molar-refractivity contribution is 5.96. The average molecular weight is 311 g/mol. The lowest BCUT2D eigenvalue weighted by Gasteiger charge is -2.37. The Hall–Kier alpha value is -2.21. The smallest absolute Gasteiger partial charge is 0.232 e. The van der Waals surface area contributed by atoms with Crippen molar-refractivity contribution in [1.82, 2.24) is 20.1 Å². The zero-order valence-corrected chi connectivity index (χ0v) is 13.0. The number of fused-ring (bicyclic) bond motifs is 1. The molecule has 0 aromatic carbocycles. The van der Waals surface area contributed by atoms with Gasteiger partial charge in [0.05, 0.1) is 29.2 Å². The van der Waals surface area contributed by atoms with Crippen molar-refractivity contribution >= 4 is 11.6 Å². The Balaban J connectivity index is 1.52. The van der Waals surface area contributed by atoms with Crippen molar-refractivity contribution in [2.24, 2.45) is 5.41 Å². The summed E-state index contributed by atoms with van der Waals surface area (Å²) < 4.78 is 1.75. The van der Waals surface area contributed by atoms with Crippen molar-refractivity contribution < 1.29 is 4.79 Å². The van der Waals surface area contributed by atoms with Crippen LogP contribution >= 0.6 is 0 Å². The number of amides is 1. The first kappa shape index (κ1) is 14.4. The van der Waals surface area contributed by atoms with Gasteiger partial charge in [-0.05, 0) is 37.9 Å². The van der Waals surface area contributed by atoms with Crippen LogP contribution in [0.1, 0.15) is 32.1 Å². The van der Waals surface area contributed by atoms with Crippen LogP contribution in [0.4, 0.5) is 5.69 Å². The lowest BCUT2D eigenvalue weighted by molar-refractivity contribution is -0.127. The minimum Gasteiger partial charge on any atom is -0.323 e. The summed E-state index contributed by atoms with van der Waals surface area (Å²) in [6, 6.07) is 4.09. The lowest BCUT2D eigenvalue weighted by atomic mass is 9.70. The summed E-state index contributed by atoms with van der Waals surface area (Å²) in [4.78, 5) is 16.9. The fraction of sp³-hybridized carbons (Fsp3) is 0.471. The molecule has 120 valence electrons. The van der Waals surface area contributed by atoms with E-state index in [2.05, 4.69) is 20.7 Å². The highest BCUT2D eigenvalue weighted by Gasteiger charge is 2.49. The van der Waals surface area contributed by atoms with Crippen molar-refractivity contribution in [2.45, 2.75) is 38.1 Å². The molecule has 6 heteroatoms. The Labute approximate surface area is 135 Å². The number of carbonyl (C=O) groups excluding carboxylic acids is 1. The SMILES string of the molecule is O=C(Nc1cnn(-c2ccncc2)c1)[C@@]12CCCC[C@@H]1NCC2. The third kappa shape index (κ3) is 2.53. The van der Waals surface area contributed by atoms with E-state index in [1.807, 2.05) is 18.3 Å². The highest BCUT2D eigenvalue weighted by atomic mass is 16.2. The molecule has 0 radical (unpaired) electrons. The quantitative estimate of drug-likeness (QED) is 0.911. The Morgan fingerprint density at radius 1 is 1.30 bits per heavy atom. The average Bonchev–Trinajstić information content (AvgIpc) is 3.23. The summed E-state index contributed by atoms with van der Waals surface area (Å²) in [5.74, 6) is 0.140.